The highest BCUT2D eigenvalue weighted by Crippen LogP contribution is 2.20. The van der Waals surface area contributed by atoms with Crippen LogP contribution in [0.2, 0.25) is 0 Å². The summed E-state index contributed by atoms with van der Waals surface area (Å²) in [6, 6.07) is 0. The first kappa shape index (κ1) is 14.1. The predicted octanol–water partition coefficient (Wildman–Crippen LogP) is 1.95. The third-order valence-corrected chi connectivity index (χ3v) is 3.15. The maximum Gasteiger partial charge on any atom is 0.226 e. The largest absolute Gasteiger partial charge is 0.387 e. The first-order chi connectivity index (χ1) is 8.02. The molecule has 0 aromatic carbocycles. The summed E-state index contributed by atoms with van der Waals surface area (Å²) in [6.45, 7) is 3.56. The van der Waals surface area contributed by atoms with E-state index in [-0.39, 0.29) is 12.0 Å². The van der Waals surface area contributed by atoms with Gasteiger partial charge in [-0.05, 0) is 20.3 Å². The van der Waals surface area contributed by atoms with Crippen molar-refractivity contribution in [1.29, 1.82) is 0 Å². The van der Waals surface area contributed by atoms with E-state index in [0.717, 1.165) is 0 Å². The van der Waals surface area contributed by atoms with Crippen molar-refractivity contribution >= 4 is 22.4 Å². The quantitative estimate of drug-likeness (QED) is 0.818. The Bertz CT molecular complexity index is 365. The maximum absolute atomic E-state index is 11.5. The van der Waals surface area contributed by atoms with Crippen molar-refractivity contribution in [3.63, 3.8) is 0 Å². The lowest BCUT2D eigenvalue weighted by molar-refractivity contribution is -0.116. The van der Waals surface area contributed by atoms with Crippen LogP contribution in [0.25, 0.3) is 0 Å². The van der Waals surface area contributed by atoms with Gasteiger partial charge >= 0.3 is 0 Å². The Labute approximate surface area is 105 Å². The van der Waals surface area contributed by atoms with Crippen LogP contribution in [0.3, 0.4) is 0 Å². The molecular formula is C11H18N2O3S. The molecule has 0 aliphatic heterocycles. The molecule has 2 N–H and O–H groups in total. The van der Waals surface area contributed by atoms with E-state index in [4.69, 9.17) is 4.74 Å². The molecule has 5 nitrogen and oxygen atoms in total. The van der Waals surface area contributed by atoms with E-state index in [2.05, 4.69) is 10.3 Å². The molecule has 1 aromatic rings. The summed E-state index contributed by atoms with van der Waals surface area (Å²) < 4.78 is 5.06. The molecule has 0 aliphatic rings. The molecule has 0 spiro atoms. The third kappa shape index (κ3) is 4.80. The second-order valence-electron chi connectivity index (χ2n) is 3.89. The summed E-state index contributed by atoms with van der Waals surface area (Å²) in [7, 11) is 1.62. The summed E-state index contributed by atoms with van der Waals surface area (Å²) in [6.07, 6.45) is 0.547. The van der Waals surface area contributed by atoms with E-state index in [9.17, 15) is 9.90 Å². The van der Waals surface area contributed by atoms with E-state index in [1.807, 2.05) is 6.92 Å². The number of aliphatic hydroxyl groups excluding tert-OH is 1. The normalized spacial score (nSPS) is 14.4. The minimum Gasteiger partial charge on any atom is -0.387 e. The van der Waals surface area contributed by atoms with Gasteiger partial charge in [-0.1, -0.05) is 0 Å². The molecule has 0 saturated heterocycles. The van der Waals surface area contributed by atoms with Gasteiger partial charge in [0.15, 0.2) is 5.13 Å². The highest BCUT2D eigenvalue weighted by molar-refractivity contribution is 7.13. The zero-order chi connectivity index (χ0) is 12.8. The second-order valence-corrected chi connectivity index (χ2v) is 4.74. The Balaban J connectivity index is 2.39. The Kier molecular flexibility index (Phi) is 5.54. The molecule has 2 atom stereocenters. The summed E-state index contributed by atoms with van der Waals surface area (Å²) in [5, 5.41) is 14.3. The van der Waals surface area contributed by atoms with Gasteiger partial charge in [0, 0.05) is 18.9 Å². The monoisotopic (exact) mass is 258 g/mol. The molecule has 6 heteroatoms. The lowest BCUT2D eigenvalue weighted by atomic mass is 10.2. The van der Waals surface area contributed by atoms with Crippen molar-refractivity contribution < 1.29 is 14.6 Å². The molecule has 0 radical (unpaired) electrons. The van der Waals surface area contributed by atoms with Crippen LogP contribution in [-0.2, 0) is 9.53 Å². The first-order valence-corrected chi connectivity index (χ1v) is 6.37. The zero-order valence-electron chi connectivity index (χ0n) is 10.3. The van der Waals surface area contributed by atoms with Crippen LogP contribution >= 0.6 is 11.3 Å². The van der Waals surface area contributed by atoms with Gasteiger partial charge in [-0.3, -0.25) is 4.79 Å². The fraction of sp³-hybridized carbons (Fsp3) is 0.636. The smallest absolute Gasteiger partial charge is 0.226 e. The number of ether oxygens (including phenoxy) is 1. The van der Waals surface area contributed by atoms with Gasteiger partial charge < -0.3 is 15.2 Å². The number of aromatic nitrogens is 1. The van der Waals surface area contributed by atoms with Crippen molar-refractivity contribution in [2.24, 2.45) is 0 Å². The maximum atomic E-state index is 11.5. The summed E-state index contributed by atoms with van der Waals surface area (Å²) in [5.74, 6) is -0.0830. The van der Waals surface area contributed by atoms with Crippen LogP contribution in [0, 0.1) is 0 Å². The van der Waals surface area contributed by atoms with Crippen molar-refractivity contribution in [2.75, 3.05) is 12.4 Å². The fourth-order valence-corrected chi connectivity index (χ4v) is 1.98. The van der Waals surface area contributed by atoms with Gasteiger partial charge in [0.05, 0.1) is 17.9 Å². The number of hydrogen-bond donors (Lipinski definition) is 2. The molecule has 0 fully saturated rings. The van der Waals surface area contributed by atoms with Crippen molar-refractivity contribution in [1.82, 2.24) is 4.98 Å². The van der Waals surface area contributed by atoms with E-state index >= 15 is 0 Å². The minimum atomic E-state index is -0.606. The molecule has 0 aliphatic carbocycles. The molecule has 0 saturated carbocycles. The van der Waals surface area contributed by atoms with Crippen LogP contribution in [0.5, 0.6) is 0 Å². The molecule has 1 rings (SSSR count). The lowest BCUT2D eigenvalue weighted by Gasteiger charge is -2.08. The van der Waals surface area contributed by atoms with Gasteiger partial charge in [-0.25, -0.2) is 4.98 Å². The second kappa shape index (κ2) is 6.68. The molecule has 2 unspecified atom stereocenters. The lowest BCUT2D eigenvalue weighted by Crippen LogP contribution is -2.15. The van der Waals surface area contributed by atoms with Crippen LogP contribution in [0.15, 0.2) is 5.38 Å². The third-order valence-electron chi connectivity index (χ3n) is 2.38. The number of aliphatic hydroxyl groups is 1. The number of hydrogen-bond acceptors (Lipinski definition) is 5. The molecule has 0 bridgehead atoms. The van der Waals surface area contributed by atoms with Crippen LogP contribution in [0.1, 0.15) is 38.5 Å². The Morgan fingerprint density at radius 3 is 2.88 bits per heavy atom. The number of methoxy groups -OCH3 is 1. The number of nitrogens with one attached hydrogen (secondary N) is 1. The van der Waals surface area contributed by atoms with Gasteiger partial charge in [-0.2, -0.15) is 0 Å². The van der Waals surface area contributed by atoms with Gasteiger partial charge in [-0.15, -0.1) is 11.3 Å². The number of carbonyl (C=O) groups excluding carboxylic acids is 1. The SMILES string of the molecule is COC(C)CCC(=O)Nc1nc(C(C)O)cs1. The predicted molar refractivity (Wildman–Crippen MR) is 67.1 cm³/mol. The molecule has 1 heterocycles. The number of rotatable bonds is 6. The van der Waals surface area contributed by atoms with Crippen molar-refractivity contribution in [2.45, 2.75) is 38.9 Å². The molecule has 96 valence electrons. The highest BCUT2D eigenvalue weighted by Gasteiger charge is 2.10. The molecule has 1 aromatic heterocycles. The average Bonchev–Trinajstić information content (AvgIpc) is 2.74. The number of thiazole rings is 1. The number of amides is 1. The topological polar surface area (TPSA) is 71.5 Å². The van der Waals surface area contributed by atoms with E-state index in [1.54, 1.807) is 19.4 Å². The number of nitrogens with zero attached hydrogens (tertiary/aromatic N) is 1. The summed E-state index contributed by atoms with van der Waals surface area (Å²) in [4.78, 5) is 15.7. The van der Waals surface area contributed by atoms with Crippen LogP contribution in [-0.4, -0.2) is 29.2 Å². The highest BCUT2D eigenvalue weighted by atomic mass is 32.1. The van der Waals surface area contributed by atoms with Gasteiger partial charge in [0.25, 0.3) is 0 Å². The molecule has 17 heavy (non-hydrogen) atoms. The van der Waals surface area contributed by atoms with E-state index in [0.29, 0.717) is 23.7 Å². The minimum absolute atomic E-state index is 0.0741. The van der Waals surface area contributed by atoms with Crippen LogP contribution < -0.4 is 5.32 Å². The molecule has 1 amide bonds. The van der Waals surface area contributed by atoms with E-state index in [1.165, 1.54) is 11.3 Å². The Morgan fingerprint density at radius 2 is 2.35 bits per heavy atom. The molecular weight excluding hydrogens is 240 g/mol. The zero-order valence-corrected chi connectivity index (χ0v) is 11.1. The fourth-order valence-electron chi connectivity index (χ4n) is 1.17. The average molecular weight is 258 g/mol. The van der Waals surface area contributed by atoms with Crippen molar-refractivity contribution in [3.8, 4) is 0 Å². The summed E-state index contributed by atoms with van der Waals surface area (Å²) in [5.41, 5.74) is 0.579. The number of anilines is 1. The number of carbonyl (C=O) groups is 1. The van der Waals surface area contributed by atoms with Gasteiger partial charge in [0.2, 0.25) is 5.91 Å². The van der Waals surface area contributed by atoms with E-state index < -0.39 is 6.10 Å². The van der Waals surface area contributed by atoms with Crippen molar-refractivity contribution in [3.05, 3.63) is 11.1 Å². The standard InChI is InChI=1S/C11H18N2O3S/c1-7(16-3)4-5-10(15)13-11-12-9(6-17-11)8(2)14/h6-8,14H,4-5H2,1-3H3,(H,12,13,15). The Morgan fingerprint density at radius 1 is 1.65 bits per heavy atom. The summed E-state index contributed by atoms with van der Waals surface area (Å²) >= 11 is 1.31. The first-order valence-electron chi connectivity index (χ1n) is 5.49. The Hall–Kier alpha value is -0.980. The van der Waals surface area contributed by atoms with Gasteiger partial charge in [0.1, 0.15) is 0 Å². The van der Waals surface area contributed by atoms with Crippen LogP contribution in [0.4, 0.5) is 5.13 Å².